The third-order valence-corrected chi connectivity index (χ3v) is 4.74. The Labute approximate surface area is 170 Å². The number of rotatable bonds is 6. The first-order chi connectivity index (χ1) is 13.5. The number of hydrogen-bond donors (Lipinski definition) is 0. The zero-order valence-corrected chi connectivity index (χ0v) is 16.6. The Balaban J connectivity index is 1.83. The molecule has 0 saturated carbocycles. The number of nitriles is 1. The Morgan fingerprint density at radius 1 is 1.29 bits per heavy atom. The van der Waals surface area contributed by atoms with Crippen LogP contribution in [0.1, 0.15) is 11.1 Å². The number of halogens is 1. The van der Waals surface area contributed by atoms with Gasteiger partial charge < -0.3 is 4.90 Å². The van der Waals surface area contributed by atoms with Gasteiger partial charge in [-0.25, -0.2) is 4.98 Å². The Bertz CT molecular complexity index is 1130. The molecule has 3 aromatic rings. The van der Waals surface area contributed by atoms with Gasteiger partial charge in [0.25, 0.3) is 5.56 Å². The lowest BCUT2D eigenvalue weighted by Gasteiger charge is -2.22. The third-order valence-electron chi connectivity index (χ3n) is 4.25. The standard InChI is InChI=1S/C21H17BrN4O2/c1-2-9-25(12-16-5-3-15(11-23)4-6-16)20(27)13-26-14-24-19-8-7-17(22)10-18(19)21(26)28/h2-8,10,14H,1,9,12-13H2. The summed E-state index contributed by atoms with van der Waals surface area (Å²) in [4.78, 5) is 31.4. The topological polar surface area (TPSA) is 79.0 Å². The first kappa shape index (κ1) is 19.5. The molecule has 0 radical (unpaired) electrons. The maximum absolute atomic E-state index is 12.8. The SMILES string of the molecule is C=CCN(Cc1ccc(C#N)cc1)C(=O)Cn1cnc2ccc(Br)cc2c1=O. The molecule has 2 aromatic carbocycles. The highest BCUT2D eigenvalue weighted by molar-refractivity contribution is 9.10. The summed E-state index contributed by atoms with van der Waals surface area (Å²) in [7, 11) is 0. The second-order valence-corrected chi connectivity index (χ2v) is 7.13. The predicted octanol–water partition coefficient (Wildman–Crippen LogP) is 3.25. The number of amides is 1. The first-order valence-corrected chi connectivity index (χ1v) is 9.33. The highest BCUT2D eigenvalue weighted by Gasteiger charge is 2.15. The molecule has 0 bridgehead atoms. The van der Waals surface area contributed by atoms with Crippen LogP contribution in [0.5, 0.6) is 0 Å². The maximum Gasteiger partial charge on any atom is 0.261 e. The number of hydrogen-bond acceptors (Lipinski definition) is 4. The molecule has 1 heterocycles. The van der Waals surface area contributed by atoms with Crippen molar-refractivity contribution in [3.8, 4) is 6.07 Å². The molecule has 0 aliphatic rings. The smallest absolute Gasteiger partial charge is 0.261 e. The van der Waals surface area contributed by atoms with E-state index in [4.69, 9.17) is 5.26 Å². The van der Waals surface area contributed by atoms with Crippen molar-refractivity contribution in [2.45, 2.75) is 13.1 Å². The second-order valence-electron chi connectivity index (χ2n) is 6.21. The van der Waals surface area contributed by atoms with Gasteiger partial charge >= 0.3 is 0 Å². The van der Waals surface area contributed by atoms with E-state index < -0.39 is 0 Å². The number of carbonyl (C=O) groups is 1. The van der Waals surface area contributed by atoms with Gasteiger partial charge in [-0.15, -0.1) is 6.58 Å². The lowest BCUT2D eigenvalue weighted by atomic mass is 10.1. The minimum Gasteiger partial charge on any atom is -0.333 e. The van der Waals surface area contributed by atoms with Crippen LogP contribution in [-0.4, -0.2) is 26.9 Å². The van der Waals surface area contributed by atoms with Gasteiger partial charge in [0.2, 0.25) is 5.91 Å². The number of fused-ring (bicyclic) bond motifs is 1. The zero-order valence-electron chi connectivity index (χ0n) is 15.0. The summed E-state index contributed by atoms with van der Waals surface area (Å²) in [5, 5.41) is 9.35. The van der Waals surface area contributed by atoms with E-state index in [-0.39, 0.29) is 18.0 Å². The van der Waals surface area contributed by atoms with Gasteiger partial charge in [-0.2, -0.15) is 5.26 Å². The van der Waals surface area contributed by atoms with Crippen LogP contribution >= 0.6 is 15.9 Å². The van der Waals surface area contributed by atoms with Gasteiger partial charge in [0.15, 0.2) is 0 Å². The quantitative estimate of drug-likeness (QED) is 0.555. The van der Waals surface area contributed by atoms with Crippen molar-refractivity contribution in [3.05, 3.63) is 87.4 Å². The van der Waals surface area contributed by atoms with Gasteiger partial charge in [0.1, 0.15) is 6.54 Å². The van der Waals surface area contributed by atoms with E-state index in [0.29, 0.717) is 29.6 Å². The van der Waals surface area contributed by atoms with Crippen molar-refractivity contribution < 1.29 is 4.79 Å². The number of carbonyl (C=O) groups excluding carboxylic acids is 1. The van der Waals surface area contributed by atoms with E-state index in [1.54, 1.807) is 35.2 Å². The van der Waals surface area contributed by atoms with E-state index in [1.165, 1.54) is 10.9 Å². The molecule has 1 aromatic heterocycles. The van der Waals surface area contributed by atoms with Crippen LogP contribution in [0.3, 0.4) is 0 Å². The molecule has 0 N–H and O–H groups in total. The van der Waals surface area contributed by atoms with Gasteiger partial charge in [0, 0.05) is 17.6 Å². The zero-order chi connectivity index (χ0) is 20.1. The molecule has 6 nitrogen and oxygen atoms in total. The minimum absolute atomic E-state index is 0.113. The molecule has 0 atom stereocenters. The molecule has 140 valence electrons. The van der Waals surface area contributed by atoms with Crippen molar-refractivity contribution in [1.29, 1.82) is 5.26 Å². The van der Waals surface area contributed by atoms with Crippen LogP contribution in [0.4, 0.5) is 0 Å². The summed E-state index contributed by atoms with van der Waals surface area (Å²) < 4.78 is 2.09. The van der Waals surface area contributed by atoms with Crippen LogP contribution in [-0.2, 0) is 17.9 Å². The average Bonchev–Trinajstić information content (AvgIpc) is 2.70. The Morgan fingerprint density at radius 3 is 2.71 bits per heavy atom. The summed E-state index contributed by atoms with van der Waals surface area (Å²) in [6, 6.07) is 14.4. The lowest BCUT2D eigenvalue weighted by Crippen LogP contribution is -2.36. The Hall–Kier alpha value is -3.24. The summed E-state index contributed by atoms with van der Waals surface area (Å²) >= 11 is 3.35. The van der Waals surface area contributed by atoms with Gasteiger partial charge in [0.05, 0.1) is 28.9 Å². The molecule has 0 unspecified atom stereocenters. The molecular formula is C21H17BrN4O2. The van der Waals surface area contributed by atoms with E-state index in [1.807, 2.05) is 18.2 Å². The summed E-state index contributed by atoms with van der Waals surface area (Å²) in [5.41, 5.74) is 1.77. The number of nitrogens with zero attached hydrogens (tertiary/aromatic N) is 4. The lowest BCUT2D eigenvalue weighted by molar-refractivity contribution is -0.132. The predicted molar refractivity (Wildman–Crippen MR) is 110 cm³/mol. The highest BCUT2D eigenvalue weighted by Crippen LogP contribution is 2.15. The molecule has 1 amide bonds. The second kappa shape index (κ2) is 8.63. The molecule has 0 aliphatic heterocycles. The van der Waals surface area contributed by atoms with Crippen LogP contribution in [0.15, 0.2) is 70.7 Å². The highest BCUT2D eigenvalue weighted by atomic mass is 79.9. The fraction of sp³-hybridized carbons (Fsp3) is 0.143. The number of benzene rings is 2. The third kappa shape index (κ3) is 4.35. The van der Waals surface area contributed by atoms with Crippen LogP contribution in [0, 0.1) is 11.3 Å². The van der Waals surface area contributed by atoms with Crippen molar-refractivity contribution in [2.75, 3.05) is 6.54 Å². The molecule has 28 heavy (non-hydrogen) atoms. The van der Waals surface area contributed by atoms with Crippen molar-refractivity contribution in [1.82, 2.24) is 14.5 Å². The summed E-state index contributed by atoms with van der Waals surface area (Å²) in [6.07, 6.45) is 3.03. The summed E-state index contributed by atoms with van der Waals surface area (Å²) in [5.74, 6) is -0.220. The normalized spacial score (nSPS) is 10.4. The fourth-order valence-corrected chi connectivity index (χ4v) is 3.17. The first-order valence-electron chi connectivity index (χ1n) is 8.54. The molecule has 7 heteroatoms. The average molecular weight is 437 g/mol. The number of aromatic nitrogens is 2. The molecule has 0 aliphatic carbocycles. The summed E-state index contributed by atoms with van der Waals surface area (Å²) in [6.45, 7) is 4.30. The van der Waals surface area contributed by atoms with Crippen molar-refractivity contribution in [2.24, 2.45) is 0 Å². The van der Waals surface area contributed by atoms with Crippen molar-refractivity contribution >= 4 is 32.7 Å². The van der Waals surface area contributed by atoms with E-state index >= 15 is 0 Å². The fourth-order valence-electron chi connectivity index (χ4n) is 2.80. The van der Waals surface area contributed by atoms with Crippen LogP contribution in [0.25, 0.3) is 10.9 Å². The maximum atomic E-state index is 12.8. The molecule has 3 rings (SSSR count). The minimum atomic E-state index is -0.267. The van der Waals surface area contributed by atoms with Crippen LogP contribution in [0.2, 0.25) is 0 Å². The largest absolute Gasteiger partial charge is 0.333 e. The molecule has 0 spiro atoms. The van der Waals surface area contributed by atoms with E-state index in [2.05, 4.69) is 33.6 Å². The Kier molecular flexibility index (Phi) is 6.02. The van der Waals surface area contributed by atoms with E-state index in [9.17, 15) is 9.59 Å². The van der Waals surface area contributed by atoms with Gasteiger partial charge in [-0.05, 0) is 35.9 Å². The van der Waals surface area contributed by atoms with E-state index in [0.717, 1.165) is 10.0 Å². The molecule has 0 saturated heterocycles. The van der Waals surface area contributed by atoms with Crippen LogP contribution < -0.4 is 5.56 Å². The van der Waals surface area contributed by atoms with Gasteiger partial charge in [-0.3, -0.25) is 14.2 Å². The molecule has 0 fully saturated rings. The van der Waals surface area contributed by atoms with Gasteiger partial charge in [-0.1, -0.05) is 34.1 Å². The van der Waals surface area contributed by atoms with Crippen molar-refractivity contribution in [3.63, 3.8) is 0 Å². The monoisotopic (exact) mass is 436 g/mol. The molecular weight excluding hydrogens is 420 g/mol. The Morgan fingerprint density at radius 2 is 2.04 bits per heavy atom.